The van der Waals surface area contributed by atoms with E-state index in [-0.39, 0.29) is 11.7 Å². The Kier molecular flexibility index (Phi) is 12.3. The van der Waals surface area contributed by atoms with Gasteiger partial charge in [0.1, 0.15) is 5.82 Å². The second-order valence-electron chi connectivity index (χ2n) is 11.5. The zero-order valence-electron chi connectivity index (χ0n) is 23.7. The maximum Gasteiger partial charge on any atom is 0.127 e. The first-order chi connectivity index (χ1) is 17.1. The molecule has 0 saturated carbocycles. The number of nitriles is 1. The number of allylic oxidation sites excluding steroid dienone is 2. The molecule has 196 valence electrons. The minimum Gasteiger partial charge on any atom is -0.258 e. The molecule has 1 aromatic heterocycles. The fourth-order valence-electron chi connectivity index (χ4n) is 5.27. The molecule has 1 heterocycles. The van der Waals surface area contributed by atoms with Gasteiger partial charge in [0.2, 0.25) is 0 Å². The van der Waals surface area contributed by atoms with Gasteiger partial charge in [0, 0.05) is 17.3 Å². The molecule has 0 bridgehead atoms. The van der Waals surface area contributed by atoms with Crippen LogP contribution in [0.1, 0.15) is 109 Å². The highest BCUT2D eigenvalue weighted by atomic mass is 19.1. The minimum absolute atomic E-state index is 0.263. The Balaban J connectivity index is 2.05. The van der Waals surface area contributed by atoms with E-state index in [2.05, 4.69) is 72.7 Å². The lowest BCUT2D eigenvalue weighted by atomic mass is 9.82. The first-order valence-electron chi connectivity index (χ1n) is 13.9. The van der Waals surface area contributed by atoms with E-state index in [1.807, 2.05) is 6.07 Å². The predicted octanol–water partition coefficient (Wildman–Crippen LogP) is 9.44. The van der Waals surface area contributed by atoms with Crippen molar-refractivity contribution in [2.24, 2.45) is 23.7 Å². The SMILES string of the molecule is CC/C=C(\C)CC(C)C(C)CCC(CC(C)C)c1cccc(CC(C)Cc2ccc(C#N)cc2F)n1. The van der Waals surface area contributed by atoms with E-state index in [4.69, 9.17) is 10.2 Å². The Hall–Kier alpha value is -2.47. The summed E-state index contributed by atoms with van der Waals surface area (Å²) in [4.78, 5) is 5.11. The summed E-state index contributed by atoms with van der Waals surface area (Å²) >= 11 is 0. The topological polar surface area (TPSA) is 36.7 Å². The quantitative estimate of drug-likeness (QED) is 0.247. The zero-order chi connectivity index (χ0) is 26.7. The lowest BCUT2D eigenvalue weighted by molar-refractivity contribution is 0.330. The summed E-state index contributed by atoms with van der Waals surface area (Å²) in [7, 11) is 0. The molecule has 0 N–H and O–H groups in total. The molecule has 0 amide bonds. The van der Waals surface area contributed by atoms with Crippen LogP contribution in [0.4, 0.5) is 4.39 Å². The molecule has 2 rings (SSSR count). The average Bonchev–Trinajstić information content (AvgIpc) is 2.82. The Morgan fingerprint density at radius 2 is 1.78 bits per heavy atom. The monoisotopic (exact) mass is 490 g/mol. The third-order valence-electron chi connectivity index (χ3n) is 7.45. The molecule has 3 heteroatoms. The molecule has 36 heavy (non-hydrogen) atoms. The summed E-state index contributed by atoms with van der Waals surface area (Å²) in [6.07, 6.45) is 9.66. The Bertz CT molecular complexity index is 1020. The van der Waals surface area contributed by atoms with Crippen molar-refractivity contribution >= 4 is 0 Å². The first kappa shape index (κ1) is 29.8. The van der Waals surface area contributed by atoms with Crippen molar-refractivity contribution in [3.8, 4) is 6.07 Å². The molecule has 1 aromatic carbocycles. The maximum atomic E-state index is 14.4. The van der Waals surface area contributed by atoms with Crippen LogP contribution in [0.25, 0.3) is 0 Å². The van der Waals surface area contributed by atoms with Gasteiger partial charge in [-0.2, -0.15) is 5.26 Å². The van der Waals surface area contributed by atoms with Crippen LogP contribution in [0, 0.1) is 40.8 Å². The number of halogens is 1. The first-order valence-corrected chi connectivity index (χ1v) is 13.9. The molecule has 0 radical (unpaired) electrons. The van der Waals surface area contributed by atoms with Gasteiger partial charge in [-0.25, -0.2) is 4.39 Å². The maximum absolute atomic E-state index is 14.4. The number of benzene rings is 1. The van der Waals surface area contributed by atoms with Crippen LogP contribution in [0.15, 0.2) is 48.0 Å². The van der Waals surface area contributed by atoms with Crippen LogP contribution in [0.3, 0.4) is 0 Å². The third kappa shape index (κ3) is 9.88. The van der Waals surface area contributed by atoms with Crippen LogP contribution in [-0.4, -0.2) is 4.98 Å². The summed E-state index contributed by atoms with van der Waals surface area (Å²) in [6, 6.07) is 13.2. The molecule has 0 aliphatic rings. The number of nitrogens with zero attached hydrogens (tertiary/aromatic N) is 2. The molecule has 4 atom stereocenters. The number of rotatable bonds is 14. The normalized spacial score (nSPS) is 15.4. The third-order valence-corrected chi connectivity index (χ3v) is 7.45. The van der Waals surface area contributed by atoms with Crippen LogP contribution < -0.4 is 0 Å². The molecule has 0 aliphatic carbocycles. The standard InChI is InChI=1S/C33H47FN2/c1-8-10-24(4)18-27(7)26(6)13-15-30(17-23(2)3)33-12-9-11-31(36-33)20-25(5)19-29-16-14-28(22-35)21-32(29)34/h9-12,14,16,21,23,25-27,30H,8,13,15,17-20H2,1-7H3/b24-10+. The van der Waals surface area contributed by atoms with Crippen LogP contribution in [-0.2, 0) is 12.8 Å². The second-order valence-corrected chi connectivity index (χ2v) is 11.5. The summed E-state index contributed by atoms with van der Waals surface area (Å²) in [5, 5.41) is 8.98. The molecular formula is C33H47FN2. The van der Waals surface area contributed by atoms with E-state index in [9.17, 15) is 4.39 Å². The molecule has 0 fully saturated rings. The fraction of sp³-hybridized carbons (Fsp3) is 0.576. The number of aromatic nitrogens is 1. The molecule has 0 aliphatic heterocycles. The van der Waals surface area contributed by atoms with Gasteiger partial charge < -0.3 is 0 Å². The van der Waals surface area contributed by atoms with E-state index < -0.39 is 0 Å². The van der Waals surface area contributed by atoms with E-state index in [1.165, 1.54) is 36.6 Å². The highest BCUT2D eigenvalue weighted by Crippen LogP contribution is 2.32. The number of pyridine rings is 1. The predicted molar refractivity (Wildman–Crippen MR) is 150 cm³/mol. The van der Waals surface area contributed by atoms with Crippen molar-refractivity contribution in [3.63, 3.8) is 0 Å². The highest BCUT2D eigenvalue weighted by molar-refractivity contribution is 5.33. The highest BCUT2D eigenvalue weighted by Gasteiger charge is 2.20. The van der Waals surface area contributed by atoms with Gasteiger partial charge in [0.15, 0.2) is 0 Å². The largest absolute Gasteiger partial charge is 0.258 e. The molecule has 2 aromatic rings. The van der Waals surface area contributed by atoms with Gasteiger partial charge >= 0.3 is 0 Å². The Labute approximate surface area is 220 Å². The van der Waals surface area contributed by atoms with Gasteiger partial charge in [-0.15, -0.1) is 0 Å². The van der Waals surface area contributed by atoms with E-state index >= 15 is 0 Å². The summed E-state index contributed by atoms with van der Waals surface area (Å²) in [6.45, 7) is 16.0. The van der Waals surface area contributed by atoms with Crippen LogP contribution >= 0.6 is 0 Å². The van der Waals surface area contributed by atoms with Gasteiger partial charge in [0.05, 0.1) is 11.6 Å². The summed E-state index contributed by atoms with van der Waals surface area (Å²) in [5.74, 6) is 2.45. The summed E-state index contributed by atoms with van der Waals surface area (Å²) < 4.78 is 14.4. The second kappa shape index (κ2) is 14.9. The lowest BCUT2D eigenvalue weighted by Gasteiger charge is -2.25. The van der Waals surface area contributed by atoms with E-state index in [0.29, 0.717) is 41.2 Å². The smallest absolute Gasteiger partial charge is 0.127 e. The van der Waals surface area contributed by atoms with Crippen molar-refractivity contribution < 1.29 is 4.39 Å². The van der Waals surface area contributed by atoms with Crippen LogP contribution in [0.5, 0.6) is 0 Å². The number of hydrogen-bond donors (Lipinski definition) is 0. The van der Waals surface area contributed by atoms with Gasteiger partial charge in [-0.3, -0.25) is 4.98 Å². The van der Waals surface area contributed by atoms with E-state index in [0.717, 1.165) is 25.0 Å². The van der Waals surface area contributed by atoms with Gasteiger partial charge in [-0.1, -0.05) is 65.3 Å². The van der Waals surface area contributed by atoms with Gasteiger partial charge in [-0.05, 0) is 105 Å². The van der Waals surface area contributed by atoms with Crippen molar-refractivity contribution in [3.05, 3.63) is 76.4 Å². The van der Waals surface area contributed by atoms with Crippen molar-refractivity contribution in [1.29, 1.82) is 5.26 Å². The average molecular weight is 491 g/mol. The Morgan fingerprint density at radius 3 is 2.42 bits per heavy atom. The number of hydrogen-bond acceptors (Lipinski definition) is 2. The molecule has 0 spiro atoms. The fourth-order valence-corrected chi connectivity index (χ4v) is 5.27. The summed E-state index contributed by atoms with van der Waals surface area (Å²) in [5.41, 5.74) is 4.84. The van der Waals surface area contributed by atoms with Crippen molar-refractivity contribution in [2.75, 3.05) is 0 Å². The molecule has 0 saturated heterocycles. The Morgan fingerprint density at radius 1 is 1.03 bits per heavy atom. The lowest BCUT2D eigenvalue weighted by Crippen LogP contribution is -2.13. The van der Waals surface area contributed by atoms with Crippen molar-refractivity contribution in [1.82, 2.24) is 4.98 Å². The molecule has 4 unspecified atom stereocenters. The van der Waals surface area contributed by atoms with Gasteiger partial charge in [0.25, 0.3) is 0 Å². The van der Waals surface area contributed by atoms with Crippen molar-refractivity contribution in [2.45, 2.75) is 99.3 Å². The zero-order valence-corrected chi connectivity index (χ0v) is 23.7. The van der Waals surface area contributed by atoms with Crippen LogP contribution in [0.2, 0.25) is 0 Å². The van der Waals surface area contributed by atoms with E-state index in [1.54, 1.807) is 12.1 Å². The molecular weight excluding hydrogens is 443 g/mol. The molecule has 2 nitrogen and oxygen atoms in total. The minimum atomic E-state index is -0.289.